The van der Waals surface area contributed by atoms with Crippen molar-refractivity contribution in [2.24, 2.45) is 0 Å². The van der Waals surface area contributed by atoms with Crippen LogP contribution in [-0.2, 0) is 5.41 Å². The van der Waals surface area contributed by atoms with Crippen LogP contribution in [0.3, 0.4) is 0 Å². The summed E-state index contributed by atoms with van der Waals surface area (Å²) in [6.45, 7) is 4.73. The maximum absolute atomic E-state index is 2.54. The van der Waals surface area contributed by atoms with Crippen molar-refractivity contribution in [3.05, 3.63) is 169 Å². The minimum atomic E-state index is -0.0705. The van der Waals surface area contributed by atoms with Gasteiger partial charge in [-0.1, -0.05) is 129 Å². The van der Waals surface area contributed by atoms with Gasteiger partial charge in [-0.2, -0.15) is 0 Å². The molecule has 0 unspecified atom stereocenters. The Kier molecular flexibility index (Phi) is 5.37. The van der Waals surface area contributed by atoms with Crippen LogP contribution in [0.2, 0.25) is 0 Å². The number of hydrogen-bond donors (Lipinski definition) is 0. The summed E-state index contributed by atoms with van der Waals surface area (Å²) in [7, 11) is 0. The van der Waals surface area contributed by atoms with E-state index in [-0.39, 0.29) is 5.41 Å². The third-order valence-electron chi connectivity index (χ3n) is 10.5. The third kappa shape index (κ3) is 3.56. The highest BCUT2D eigenvalue weighted by Gasteiger charge is 2.37. The normalized spacial score (nSPS) is 13.5. The highest BCUT2D eigenvalue weighted by molar-refractivity contribution is 6.19. The third-order valence-corrected chi connectivity index (χ3v) is 10.5. The van der Waals surface area contributed by atoms with E-state index in [0.29, 0.717) is 0 Å². The molecular weight excluding hydrogens is 569 g/mol. The second-order valence-corrected chi connectivity index (χ2v) is 13.3. The molecule has 1 aliphatic rings. The Balaban J connectivity index is 1.32. The standard InChI is InChI=1S/C45H32N2/c1-45(2)38-22-11-9-19-36(38)42-39(45)26-25-35-34-21-13-20-32(43(34)47(44(35)42)31-16-7-4-8-17-31)29-24-27-41-37(28-29)33-18-10-12-23-40(33)46(41)30-14-5-3-6-15-30/h3-28H,1-2H3. The quantitative estimate of drug-likeness (QED) is 0.191. The van der Waals surface area contributed by atoms with E-state index in [2.05, 4.69) is 181 Å². The van der Waals surface area contributed by atoms with Crippen molar-refractivity contribution in [2.45, 2.75) is 19.3 Å². The Morgan fingerprint density at radius 1 is 0.404 bits per heavy atom. The van der Waals surface area contributed by atoms with Gasteiger partial charge in [-0.3, -0.25) is 0 Å². The smallest absolute Gasteiger partial charge is 0.0622 e. The van der Waals surface area contributed by atoms with Crippen LogP contribution in [0.4, 0.5) is 0 Å². The SMILES string of the molecule is CC1(C)c2ccccc2-c2c1ccc1c3cccc(-c4ccc5c(c4)c4ccccc4n5-c4ccccc4)c3n(-c3ccccc3)c21. The van der Waals surface area contributed by atoms with E-state index in [1.54, 1.807) is 0 Å². The maximum Gasteiger partial charge on any atom is 0.0622 e. The summed E-state index contributed by atoms with van der Waals surface area (Å²) < 4.78 is 4.92. The summed E-state index contributed by atoms with van der Waals surface area (Å²) in [6.07, 6.45) is 0. The molecule has 0 aliphatic heterocycles. The first-order valence-corrected chi connectivity index (χ1v) is 16.5. The van der Waals surface area contributed by atoms with E-state index in [1.165, 1.54) is 88.4 Å². The number of hydrogen-bond acceptors (Lipinski definition) is 0. The topological polar surface area (TPSA) is 9.86 Å². The summed E-state index contributed by atoms with van der Waals surface area (Å²) in [5, 5.41) is 5.09. The summed E-state index contributed by atoms with van der Waals surface area (Å²) >= 11 is 0. The molecule has 47 heavy (non-hydrogen) atoms. The van der Waals surface area contributed by atoms with E-state index >= 15 is 0 Å². The molecule has 0 amide bonds. The Morgan fingerprint density at radius 2 is 1.02 bits per heavy atom. The van der Waals surface area contributed by atoms with Crippen molar-refractivity contribution in [3.63, 3.8) is 0 Å². The van der Waals surface area contributed by atoms with Crippen molar-refractivity contribution >= 4 is 43.6 Å². The molecule has 0 saturated heterocycles. The predicted octanol–water partition coefficient (Wildman–Crippen LogP) is 11.9. The van der Waals surface area contributed by atoms with E-state index in [9.17, 15) is 0 Å². The molecule has 2 nitrogen and oxygen atoms in total. The average molecular weight is 601 g/mol. The number of fused-ring (bicyclic) bond motifs is 10. The van der Waals surface area contributed by atoms with Gasteiger partial charge in [0.2, 0.25) is 0 Å². The van der Waals surface area contributed by atoms with Crippen molar-refractivity contribution in [3.8, 4) is 33.6 Å². The van der Waals surface area contributed by atoms with Crippen LogP contribution >= 0.6 is 0 Å². The molecular formula is C45H32N2. The van der Waals surface area contributed by atoms with Crippen LogP contribution in [0.5, 0.6) is 0 Å². The van der Waals surface area contributed by atoms with Crippen molar-refractivity contribution in [2.75, 3.05) is 0 Å². The number of benzene rings is 7. The van der Waals surface area contributed by atoms with Crippen molar-refractivity contribution in [1.29, 1.82) is 0 Å². The predicted molar refractivity (Wildman–Crippen MR) is 198 cm³/mol. The van der Waals surface area contributed by atoms with Crippen LogP contribution < -0.4 is 0 Å². The first-order chi connectivity index (χ1) is 23.1. The monoisotopic (exact) mass is 600 g/mol. The molecule has 0 spiro atoms. The first-order valence-electron chi connectivity index (χ1n) is 16.5. The van der Waals surface area contributed by atoms with Gasteiger partial charge < -0.3 is 9.13 Å². The Labute approximate surface area is 273 Å². The lowest BCUT2D eigenvalue weighted by Crippen LogP contribution is -2.14. The zero-order valence-corrected chi connectivity index (χ0v) is 26.4. The average Bonchev–Trinajstić information content (AvgIpc) is 3.72. The van der Waals surface area contributed by atoms with Gasteiger partial charge >= 0.3 is 0 Å². The van der Waals surface area contributed by atoms with E-state index in [0.717, 1.165) is 0 Å². The van der Waals surface area contributed by atoms with E-state index < -0.39 is 0 Å². The molecule has 2 heterocycles. The number of nitrogens with zero attached hydrogens (tertiary/aromatic N) is 2. The van der Waals surface area contributed by atoms with Gasteiger partial charge in [0.15, 0.2) is 0 Å². The Bertz CT molecular complexity index is 2690. The minimum Gasteiger partial charge on any atom is -0.309 e. The fraction of sp³-hybridized carbons (Fsp3) is 0.0667. The van der Waals surface area contributed by atoms with Crippen LogP contribution in [0.25, 0.3) is 77.2 Å². The lowest BCUT2D eigenvalue weighted by Gasteiger charge is -2.21. The second kappa shape index (κ2) is 9.57. The summed E-state index contributed by atoms with van der Waals surface area (Å²) in [6, 6.07) is 58.0. The lowest BCUT2D eigenvalue weighted by molar-refractivity contribution is 0.661. The van der Waals surface area contributed by atoms with E-state index in [4.69, 9.17) is 0 Å². The zero-order chi connectivity index (χ0) is 31.3. The molecule has 0 atom stereocenters. The largest absolute Gasteiger partial charge is 0.309 e. The van der Waals surface area contributed by atoms with Gasteiger partial charge in [-0.05, 0) is 64.7 Å². The summed E-state index contributed by atoms with van der Waals surface area (Å²) in [5.41, 5.74) is 15.2. The molecule has 0 fully saturated rings. The highest BCUT2D eigenvalue weighted by Crippen LogP contribution is 2.53. The number of rotatable bonds is 3. The number of aromatic nitrogens is 2. The molecule has 9 aromatic rings. The van der Waals surface area contributed by atoms with Crippen LogP contribution in [0, 0.1) is 0 Å². The molecule has 222 valence electrons. The minimum absolute atomic E-state index is 0.0705. The molecule has 1 aliphatic carbocycles. The first kappa shape index (κ1) is 26.4. The highest BCUT2D eigenvalue weighted by atomic mass is 15.0. The van der Waals surface area contributed by atoms with Gasteiger partial charge in [0.25, 0.3) is 0 Å². The molecule has 2 heteroatoms. The van der Waals surface area contributed by atoms with Gasteiger partial charge in [0, 0.05) is 49.5 Å². The van der Waals surface area contributed by atoms with Crippen LogP contribution in [-0.4, -0.2) is 9.13 Å². The molecule has 0 bridgehead atoms. The van der Waals surface area contributed by atoms with Gasteiger partial charge in [0.05, 0.1) is 22.1 Å². The zero-order valence-electron chi connectivity index (χ0n) is 26.4. The number of para-hydroxylation sites is 4. The van der Waals surface area contributed by atoms with Crippen LogP contribution in [0.15, 0.2) is 158 Å². The van der Waals surface area contributed by atoms with E-state index in [1.807, 2.05) is 0 Å². The Hall–Kier alpha value is -5.86. The maximum atomic E-state index is 2.54. The Morgan fingerprint density at radius 3 is 1.83 bits per heavy atom. The molecule has 10 rings (SSSR count). The fourth-order valence-electron chi connectivity index (χ4n) is 8.40. The summed E-state index contributed by atoms with van der Waals surface area (Å²) in [5.74, 6) is 0. The van der Waals surface area contributed by atoms with Crippen molar-refractivity contribution < 1.29 is 0 Å². The molecule has 2 aromatic heterocycles. The molecule has 0 radical (unpaired) electrons. The molecule has 7 aromatic carbocycles. The summed E-state index contributed by atoms with van der Waals surface area (Å²) in [4.78, 5) is 0. The second-order valence-electron chi connectivity index (χ2n) is 13.3. The lowest BCUT2D eigenvalue weighted by atomic mass is 9.82. The molecule has 0 N–H and O–H groups in total. The van der Waals surface area contributed by atoms with Crippen molar-refractivity contribution in [1.82, 2.24) is 9.13 Å². The van der Waals surface area contributed by atoms with Gasteiger partial charge in [-0.25, -0.2) is 0 Å². The van der Waals surface area contributed by atoms with Crippen LogP contribution in [0.1, 0.15) is 25.0 Å². The van der Waals surface area contributed by atoms with Gasteiger partial charge in [-0.15, -0.1) is 0 Å². The van der Waals surface area contributed by atoms with Gasteiger partial charge in [0.1, 0.15) is 0 Å². The fourth-order valence-corrected chi connectivity index (χ4v) is 8.40. The molecule has 0 saturated carbocycles.